The lowest BCUT2D eigenvalue weighted by Gasteiger charge is -2.27. The third-order valence-electron chi connectivity index (χ3n) is 3.70. The molecule has 1 aromatic rings. The van der Waals surface area contributed by atoms with E-state index in [1.165, 1.54) is 0 Å². The van der Waals surface area contributed by atoms with Gasteiger partial charge in [-0.05, 0) is 80.3 Å². The Bertz CT molecular complexity index is 699. The second kappa shape index (κ2) is 10.7. The largest absolute Gasteiger partial charge is 0.394 e. The number of anilines is 1. The Morgan fingerprint density at radius 1 is 1.15 bits per heavy atom. The Kier molecular flexibility index (Phi) is 10.0. The highest BCUT2D eigenvalue weighted by molar-refractivity contribution is 14.1. The van der Waals surface area contributed by atoms with Crippen molar-refractivity contribution in [2.24, 2.45) is 0 Å². The summed E-state index contributed by atoms with van der Waals surface area (Å²) in [7, 11) is 1.76. The van der Waals surface area contributed by atoms with Crippen LogP contribution in [0, 0.1) is 17.6 Å². The minimum Gasteiger partial charge on any atom is -0.394 e. The first-order chi connectivity index (χ1) is 12.1. The fraction of sp³-hybridized carbons (Fsp3) is 0.438. The highest BCUT2D eigenvalue weighted by atomic mass is 127. The lowest BCUT2D eigenvalue weighted by atomic mass is 10.1. The van der Waals surface area contributed by atoms with E-state index in [-0.39, 0.29) is 13.2 Å². The Morgan fingerprint density at radius 3 is 2.23 bits per heavy atom. The van der Waals surface area contributed by atoms with E-state index >= 15 is 0 Å². The molecule has 0 bridgehead atoms. The average Bonchev–Trinajstić information content (AvgIpc) is 2.62. The second-order valence-electron chi connectivity index (χ2n) is 5.67. The standard InChI is InChI=1S/C16H21I3N2O5/c1-7-12(17)11(8(2)21(3)4-9(24)5-22)14(19)15(13(7)18)20-16(26)10(25)6-23/h9-10,22-25H,2,4-6H2,1,3H3,(H,20,26). The van der Waals surface area contributed by atoms with E-state index in [9.17, 15) is 15.0 Å². The van der Waals surface area contributed by atoms with E-state index in [1.54, 1.807) is 11.9 Å². The third-order valence-corrected chi connectivity index (χ3v) is 7.48. The molecule has 0 radical (unpaired) electrons. The molecule has 2 atom stereocenters. The van der Waals surface area contributed by atoms with Gasteiger partial charge in [0, 0.05) is 35.6 Å². The van der Waals surface area contributed by atoms with Crippen LogP contribution in [0.2, 0.25) is 0 Å². The van der Waals surface area contributed by atoms with Crippen LogP contribution >= 0.6 is 67.8 Å². The normalized spacial score (nSPS) is 13.3. The molecule has 1 aromatic carbocycles. The minimum atomic E-state index is -1.50. The van der Waals surface area contributed by atoms with Crippen LogP contribution in [0.15, 0.2) is 6.58 Å². The molecular formula is C16H21I3N2O5. The number of carbonyl (C=O) groups excluding carboxylic acids is 1. The molecule has 10 heteroatoms. The summed E-state index contributed by atoms with van der Waals surface area (Å²) >= 11 is 6.43. The molecule has 0 heterocycles. The van der Waals surface area contributed by atoms with Crippen molar-refractivity contribution < 1.29 is 25.2 Å². The summed E-state index contributed by atoms with van der Waals surface area (Å²) in [6, 6.07) is 0. The van der Waals surface area contributed by atoms with Gasteiger partial charge in [0.1, 0.15) is 0 Å². The summed E-state index contributed by atoms with van der Waals surface area (Å²) in [6.07, 6.45) is -2.40. The SMILES string of the molecule is C=C(c1c(I)c(C)c(I)c(NC(=O)C(O)CO)c1I)N(C)CC(O)CO. The third kappa shape index (κ3) is 5.64. The summed E-state index contributed by atoms with van der Waals surface area (Å²) in [5.41, 5.74) is 2.90. The maximum atomic E-state index is 12.0. The predicted molar refractivity (Wildman–Crippen MR) is 126 cm³/mol. The maximum absolute atomic E-state index is 12.0. The van der Waals surface area contributed by atoms with E-state index in [1.807, 2.05) is 6.92 Å². The average molecular weight is 702 g/mol. The van der Waals surface area contributed by atoms with Crippen LogP contribution in [0.3, 0.4) is 0 Å². The maximum Gasteiger partial charge on any atom is 0.255 e. The molecule has 0 aliphatic rings. The van der Waals surface area contributed by atoms with Gasteiger partial charge in [-0.2, -0.15) is 0 Å². The zero-order valence-electron chi connectivity index (χ0n) is 14.3. The highest BCUT2D eigenvalue weighted by Gasteiger charge is 2.24. The number of nitrogens with zero attached hydrogens (tertiary/aromatic N) is 1. The van der Waals surface area contributed by atoms with Gasteiger partial charge in [0.05, 0.1) is 25.0 Å². The van der Waals surface area contributed by atoms with Gasteiger partial charge in [-0.25, -0.2) is 0 Å². The number of hydrogen-bond donors (Lipinski definition) is 5. The molecule has 0 aliphatic carbocycles. The first-order valence-corrected chi connectivity index (χ1v) is 10.8. The van der Waals surface area contributed by atoms with Gasteiger partial charge < -0.3 is 30.6 Å². The van der Waals surface area contributed by atoms with Gasteiger partial charge in [-0.1, -0.05) is 6.58 Å². The van der Waals surface area contributed by atoms with Crippen molar-refractivity contribution in [1.29, 1.82) is 0 Å². The molecule has 0 aliphatic heterocycles. The zero-order valence-corrected chi connectivity index (χ0v) is 20.7. The number of halogens is 3. The number of amides is 1. The molecule has 0 saturated carbocycles. The van der Waals surface area contributed by atoms with Crippen LogP contribution in [0.1, 0.15) is 11.1 Å². The van der Waals surface area contributed by atoms with Crippen LogP contribution < -0.4 is 5.32 Å². The van der Waals surface area contributed by atoms with Crippen molar-refractivity contribution in [3.05, 3.63) is 28.4 Å². The number of nitrogens with one attached hydrogen (secondary N) is 1. The molecule has 2 unspecified atom stereocenters. The lowest BCUT2D eigenvalue weighted by Crippen LogP contribution is -2.32. The summed E-state index contributed by atoms with van der Waals surface area (Å²) in [5.74, 6) is -0.690. The van der Waals surface area contributed by atoms with Crippen molar-refractivity contribution in [3.63, 3.8) is 0 Å². The number of rotatable bonds is 8. The fourth-order valence-corrected chi connectivity index (χ4v) is 6.17. The first-order valence-electron chi connectivity index (χ1n) is 7.52. The van der Waals surface area contributed by atoms with Crippen molar-refractivity contribution in [2.45, 2.75) is 19.1 Å². The van der Waals surface area contributed by atoms with Crippen molar-refractivity contribution in [1.82, 2.24) is 4.90 Å². The van der Waals surface area contributed by atoms with Crippen LogP contribution in [0.4, 0.5) is 5.69 Å². The summed E-state index contributed by atoms with van der Waals surface area (Å²) in [4.78, 5) is 13.8. The van der Waals surface area contributed by atoms with Crippen LogP contribution in [0.25, 0.3) is 5.70 Å². The topological polar surface area (TPSA) is 113 Å². The first kappa shape index (κ1) is 24.3. The van der Waals surface area contributed by atoms with E-state index in [0.29, 0.717) is 11.4 Å². The van der Waals surface area contributed by atoms with E-state index in [4.69, 9.17) is 10.2 Å². The molecule has 0 aromatic heterocycles. The molecule has 1 rings (SSSR count). The molecular weight excluding hydrogens is 681 g/mol. The molecule has 5 N–H and O–H groups in total. The molecule has 7 nitrogen and oxygen atoms in total. The minimum absolute atomic E-state index is 0.206. The van der Waals surface area contributed by atoms with Gasteiger partial charge >= 0.3 is 0 Å². The molecule has 26 heavy (non-hydrogen) atoms. The Morgan fingerprint density at radius 2 is 1.73 bits per heavy atom. The number of aliphatic hydroxyl groups is 4. The van der Waals surface area contributed by atoms with Gasteiger partial charge in [0.2, 0.25) is 0 Å². The Balaban J connectivity index is 3.37. The van der Waals surface area contributed by atoms with Gasteiger partial charge in [-0.15, -0.1) is 0 Å². The predicted octanol–water partition coefficient (Wildman–Crippen LogP) is 1.36. The molecule has 0 fully saturated rings. The van der Waals surface area contributed by atoms with Crippen molar-refractivity contribution >= 4 is 85.1 Å². The summed E-state index contributed by atoms with van der Waals surface area (Å²) < 4.78 is 2.51. The lowest BCUT2D eigenvalue weighted by molar-refractivity contribution is -0.125. The van der Waals surface area contributed by atoms with Gasteiger partial charge in [0.25, 0.3) is 5.91 Å². The van der Waals surface area contributed by atoms with Crippen LogP contribution in [-0.2, 0) is 4.79 Å². The molecule has 1 amide bonds. The number of likely N-dealkylation sites (N-methyl/N-ethyl adjacent to an activating group) is 1. The molecule has 0 saturated heterocycles. The van der Waals surface area contributed by atoms with Crippen molar-refractivity contribution in [3.8, 4) is 0 Å². The summed E-state index contributed by atoms with van der Waals surface area (Å²) in [5, 5.41) is 39.9. The Labute approximate surface area is 193 Å². The molecule has 146 valence electrons. The fourth-order valence-electron chi connectivity index (χ4n) is 2.12. The van der Waals surface area contributed by atoms with Gasteiger partial charge in [-0.3, -0.25) is 4.79 Å². The number of benzene rings is 1. The smallest absolute Gasteiger partial charge is 0.255 e. The highest BCUT2D eigenvalue weighted by Crippen LogP contribution is 2.38. The number of hydrogen-bond acceptors (Lipinski definition) is 6. The Hall–Kier alpha value is 0.260. The second-order valence-corrected chi connectivity index (χ2v) is 8.90. The van der Waals surface area contributed by atoms with E-state index in [2.05, 4.69) is 79.7 Å². The van der Waals surface area contributed by atoms with Crippen LogP contribution in [0.5, 0.6) is 0 Å². The quantitative estimate of drug-likeness (QED) is 0.262. The molecule has 0 spiro atoms. The van der Waals surface area contributed by atoms with Crippen molar-refractivity contribution in [2.75, 3.05) is 32.1 Å². The number of carbonyl (C=O) groups is 1. The number of aliphatic hydroxyl groups excluding tert-OH is 4. The van der Waals surface area contributed by atoms with Crippen LogP contribution in [-0.4, -0.2) is 70.2 Å². The van der Waals surface area contributed by atoms with E-state index < -0.39 is 24.7 Å². The zero-order chi connectivity index (χ0) is 20.2. The monoisotopic (exact) mass is 702 g/mol. The van der Waals surface area contributed by atoms with Gasteiger partial charge in [0.15, 0.2) is 6.10 Å². The summed E-state index contributed by atoms with van der Waals surface area (Å²) in [6.45, 7) is 5.20. The van der Waals surface area contributed by atoms with E-state index in [0.717, 1.165) is 21.8 Å².